The maximum atomic E-state index is 12.0. The number of nitrogens with one attached hydrogen (secondary N) is 2. The number of hydrogen-bond donors (Lipinski definition) is 2. The van der Waals surface area contributed by atoms with Crippen LogP contribution >= 0.6 is 12.2 Å². The first-order chi connectivity index (χ1) is 10.1. The van der Waals surface area contributed by atoms with Gasteiger partial charge in [0, 0.05) is 5.56 Å². The van der Waals surface area contributed by atoms with E-state index in [2.05, 4.69) is 10.3 Å². The van der Waals surface area contributed by atoms with Gasteiger partial charge in [-0.25, -0.2) is 0 Å². The summed E-state index contributed by atoms with van der Waals surface area (Å²) in [5, 5.41) is 2.52. The van der Waals surface area contributed by atoms with Crippen LogP contribution in [-0.2, 0) is 9.53 Å². The molecule has 1 amide bonds. The third-order valence-electron chi connectivity index (χ3n) is 3.25. The summed E-state index contributed by atoms with van der Waals surface area (Å²) in [5.41, 5.74) is 1.62. The molecule has 1 saturated carbocycles. The van der Waals surface area contributed by atoms with Gasteiger partial charge >= 0.3 is 5.97 Å². The Kier molecular flexibility index (Phi) is 3.74. The molecule has 1 aromatic carbocycles. The molecular formula is C14H14N2O4S. The van der Waals surface area contributed by atoms with Crippen LogP contribution in [0.4, 0.5) is 0 Å². The fraction of sp³-hybridized carbons (Fsp3) is 0.357. The van der Waals surface area contributed by atoms with Gasteiger partial charge in [-0.2, -0.15) is 0 Å². The van der Waals surface area contributed by atoms with Crippen molar-refractivity contribution in [3.05, 3.63) is 28.6 Å². The van der Waals surface area contributed by atoms with E-state index in [1.54, 1.807) is 18.2 Å². The van der Waals surface area contributed by atoms with E-state index in [0.29, 0.717) is 23.7 Å². The van der Waals surface area contributed by atoms with Crippen molar-refractivity contribution in [1.82, 2.24) is 10.3 Å². The summed E-state index contributed by atoms with van der Waals surface area (Å²) < 4.78 is 10.3. The topological polar surface area (TPSA) is 84.3 Å². The summed E-state index contributed by atoms with van der Waals surface area (Å²) in [6.07, 6.45) is 2.23. The summed E-state index contributed by atoms with van der Waals surface area (Å²) in [5.74, 6) is -0.270. The van der Waals surface area contributed by atoms with E-state index in [4.69, 9.17) is 21.4 Å². The predicted molar refractivity (Wildman–Crippen MR) is 77.4 cm³/mol. The molecule has 7 heteroatoms. The van der Waals surface area contributed by atoms with Gasteiger partial charge in [0.1, 0.15) is 6.54 Å². The SMILES string of the molecule is O=C(CNC(=O)c1ccc2[nH]c(=S)oc2c1)OCC1CC1. The molecule has 0 bridgehead atoms. The van der Waals surface area contributed by atoms with Crippen molar-refractivity contribution >= 4 is 35.2 Å². The molecule has 0 unspecified atom stereocenters. The lowest BCUT2D eigenvalue weighted by molar-refractivity contribution is -0.142. The molecule has 0 spiro atoms. The molecule has 1 aliphatic carbocycles. The Labute approximate surface area is 125 Å². The highest BCUT2D eigenvalue weighted by Crippen LogP contribution is 2.28. The highest BCUT2D eigenvalue weighted by Gasteiger charge is 2.23. The van der Waals surface area contributed by atoms with Crippen LogP contribution in [0.15, 0.2) is 22.6 Å². The van der Waals surface area contributed by atoms with Crippen LogP contribution in [0.2, 0.25) is 0 Å². The summed E-state index contributed by atoms with van der Waals surface area (Å²) in [6.45, 7) is 0.310. The molecule has 0 atom stereocenters. The van der Waals surface area contributed by atoms with Gasteiger partial charge in [-0.05, 0) is 49.2 Å². The molecule has 2 aromatic rings. The molecular weight excluding hydrogens is 292 g/mol. The number of fused-ring (bicyclic) bond motifs is 1. The summed E-state index contributed by atoms with van der Waals surface area (Å²) in [7, 11) is 0. The molecule has 21 heavy (non-hydrogen) atoms. The fourth-order valence-corrected chi connectivity index (χ4v) is 2.09. The van der Waals surface area contributed by atoms with Crippen LogP contribution in [-0.4, -0.2) is 30.0 Å². The molecule has 110 valence electrons. The van der Waals surface area contributed by atoms with Crippen molar-refractivity contribution in [3.63, 3.8) is 0 Å². The van der Waals surface area contributed by atoms with Gasteiger partial charge in [-0.15, -0.1) is 0 Å². The molecule has 1 heterocycles. The molecule has 1 fully saturated rings. The number of oxazole rings is 1. The first-order valence-electron chi connectivity index (χ1n) is 6.68. The second-order valence-corrected chi connectivity index (χ2v) is 5.41. The van der Waals surface area contributed by atoms with E-state index >= 15 is 0 Å². The summed E-state index contributed by atoms with van der Waals surface area (Å²) in [6, 6.07) is 4.91. The van der Waals surface area contributed by atoms with E-state index in [1.807, 2.05) is 0 Å². The van der Waals surface area contributed by atoms with Gasteiger partial charge in [-0.1, -0.05) is 0 Å². The number of aromatic nitrogens is 1. The van der Waals surface area contributed by atoms with E-state index in [1.165, 1.54) is 0 Å². The normalized spacial score (nSPS) is 14.1. The van der Waals surface area contributed by atoms with Crippen molar-refractivity contribution in [2.24, 2.45) is 5.92 Å². The number of hydrogen-bond acceptors (Lipinski definition) is 5. The third kappa shape index (κ3) is 3.49. The largest absolute Gasteiger partial charge is 0.464 e. The number of ether oxygens (including phenoxy) is 1. The van der Waals surface area contributed by atoms with Crippen molar-refractivity contribution in [2.45, 2.75) is 12.8 Å². The minimum atomic E-state index is -0.421. The highest BCUT2D eigenvalue weighted by molar-refractivity contribution is 7.71. The minimum Gasteiger partial charge on any atom is -0.464 e. The second-order valence-electron chi connectivity index (χ2n) is 5.03. The highest BCUT2D eigenvalue weighted by atomic mass is 32.1. The standard InChI is InChI=1S/C14H14N2O4S/c17-12(19-7-8-1-2-8)6-15-13(18)9-3-4-10-11(5-9)20-14(21)16-10/h3-5,8H,1-2,6-7H2,(H,15,18)(H,16,21). The molecule has 0 saturated heterocycles. The number of rotatable bonds is 5. The number of carbonyl (C=O) groups is 2. The van der Waals surface area contributed by atoms with E-state index in [-0.39, 0.29) is 17.3 Å². The minimum absolute atomic E-state index is 0.139. The van der Waals surface area contributed by atoms with Gasteiger partial charge in [0.25, 0.3) is 10.7 Å². The Bertz CT molecular complexity index is 745. The zero-order valence-electron chi connectivity index (χ0n) is 11.2. The van der Waals surface area contributed by atoms with E-state index in [0.717, 1.165) is 18.4 Å². The third-order valence-corrected chi connectivity index (χ3v) is 3.44. The lowest BCUT2D eigenvalue weighted by Crippen LogP contribution is -2.30. The quantitative estimate of drug-likeness (QED) is 0.653. The van der Waals surface area contributed by atoms with Crippen molar-refractivity contribution in [3.8, 4) is 0 Å². The molecule has 0 aliphatic heterocycles. The average molecular weight is 306 g/mol. The van der Waals surface area contributed by atoms with Gasteiger partial charge in [-0.3, -0.25) is 9.59 Å². The number of H-pyrrole nitrogens is 1. The first-order valence-corrected chi connectivity index (χ1v) is 7.09. The smallest absolute Gasteiger partial charge is 0.325 e. The Hall–Kier alpha value is -2.15. The number of amides is 1. The Balaban J connectivity index is 1.57. The lowest BCUT2D eigenvalue weighted by Gasteiger charge is -2.05. The van der Waals surface area contributed by atoms with Crippen molar-refractivity contribution in [1.29, 1.82) is 0 Å². The number of benzene rings is 1. The zero-order chi connectivity index (χ0) is 14.8. The number of aromatic amines is 1. The first kappa shape index (κ1) is 13.8. The Morgan fingerprint density at radius 2 is 2.24 bits per heavy atom. The second kappa shape index (κ2) is 5.69. The monoisotopic (exact) mass is 306 g/mol. The fourth-order valence-electron chi connectivity index (χ4n) is 1.89. The maximum absolute atomic E-state index is 12.0. The van der Waals surface area contributed by atoms with Crippen LogP contribution < -0.4 is 5.32 Å². The summed E-state index contributed by atoms with van der Waals surface area (Å²) >= 11 is 4.88. The van der Waals surface area contributed by atoms with Gasteiger partial charge in [0.05, 0.1) is 12.1 Å². The van der Waals surface area contributed by atoms with Gasteiger partial charge in [0.15, 0.2) is 5.58 Å². The molecule has 6 nitrogen and oxygen atoms in total. The lowest BCUT2D eigenvalue weighted by atomic mass is 10.2. The van der Waals surface area contributed by atoms with Crippen LogP contribution in [0.1, 0.15) is 23.2 Å². The average Bonchev–Trinajstić information content (AvgIpc) is 3.22. The van der Waals surface area contributed by atoms with Crippen LogP contribution in [0, 0.1) is 10.8 Å². The zero-order valence-corrected chi connectivity index (χ0v) is 12.0. The van der Waals surface area contributed by atoms with Crippen LogP contribution in [0.5, 0.6) is 0 Å². The van der Waals surface area contributed by atoms with Gasteiger partial charge < -0.3 is 19.5 Å². The van der Waals surface area contributed by atoms with E-state index < -0.39 is 5.97 Å². The molecule has 1 aliphatic rings. The Morgan fingerprint density at radius 3 is 3.00 bits per heavy atom. The van der Waals surface area contributed by atoms with Crippen molar-refractivity contribution in [2.75, 3.05) is 13.2 Å². The summed E-state index contributed by atoms with van der Waals surface area (Å²) in [4.78, 5) is 26.5. The molecule has 0 radical (unpaired) electrons. The van der Waals surface area contributed by atoms with Crippen molar-refractivity contribution < 1.29 is 18.7 Å². The molecule has 2 N–H and O–H groups in total. The van der Waals surface area contributed by atoms with Crippen LogP contribution in [0.3, 0.4) is 0 Å². The van der Waals surface area contributed by atoms with Gasteiger partial charge in [0.2, 0.25) is 0 Å². The molecule has 1 aromatic heterocycles. The maximum Gasteiger partial charge on any atom is 0.325 e. The predicted octanol–water partition coefficient (Wildman–Crippen LogP) is 2.17. The number of carbonyl (C=O) groups excluding carboxylic acids is 2. The molecule has 3 rings (SSSR count). The Morgan fingerprint density at radius 1 is 1.43 bits per heavy atom. The van der Waals surface area contributed by atoms with E-state index in [9.17, 15) is 9.59 Å². The van der Waals surface area contributed by atoms with Crippen LogP contribution in [0.25, 0.3) is 11.1 Å². The number of esters is 1.